The molecule has 0 aliphatic carbocycles. The fourth-order valence-corrected chi connectivity index (χ4v) is 2.47. The van der Waals surface area contributed by atoms with Crippen molar-refractivity contribution in [2.75, 3.05) is 6.61 Å². The van der Waals surface area contributed by atoms with E-state index in [1.165, 1.54) is 11.0 Å². The summed E-state index contributed by atoms with van der Waals surface area (Å²) < 4.78 is 7.04. The number of H-pyrrole nitrogens is 1. The number of amides is 1. The Morgan fingerprint density at radius 1 is 1.19 bits per heavy atom. The zero-order valence-electron chi connectivity index (χ0n) is 13.7. The molecule has 0 spiro atoms. The number of aromatic nitrogens is 6. The van der Waals surface area contributed by atoms with Gasteiger partial charge in [-0.1, -0.05) is 18.2 Å². The SMILES string of the molecule is O=C(COc1cccc(-n2cnnn2)c1)NCc1nc2ccccc2[nH]1. The number of rotatable bonds is 6. The van der Waals surface area contributed by atoms with E-state index >= 15 is 0 Å². The highest BCUT2D eigenvalue weighted by Gasteiger charge is 2.07. The van der Waals surface area contributed by atoms with Gasteiger partial charge in [-0.15, -0.1) is 5.10 Å². The summed E-state index contributed by atoms with van der Waals surface area (Å²) in [6.07, 6.45) is 1.49. The fourth-order valence-electron chi connectivity index (χ4n) is 2.47. The molecule has 0 aliphatic heterocycles. The van der Waals surface area contributed by atoms with E-state index in [1.54, 1.807) is 18.2 Å². The molecular weight excluding hydrogens is 334 g/mol. The van der Waals surface area contributed by atoms with Crippen molar-refractivity contribution in [1.82, 2.24) is 35.5 Å². The Morgan fingerprint density at radius 2 is 2.12 bits per heavy atom. The highest BCUT2D eigenvalue weighted by atomic mass is 16.5. The Bertz CT molecular complexity index is 993. The predicted molar refractivity (Wildman–Crippen MR) is 92.6 cm³/mol. The van der Waals surface area contributed by atoms with Crippen LogP contribution >= 0.6 is 0 Å². The van der Waals surface area contributed by atoms with Gasteiger partial charge >= 0.3 is 0 Å². The molecule has 0 fully saturated rings. The lowest BCUT2D eigenvalue weighted by atomic mass is 10.3. The van der Waals surface area contributed by atoms with E-state index in [1.807, 2.05) is 30.3 Å². The lowest BCUT2D eigenvalue weighted by Gasteiger charge is -2.08. The van der Waals surface area contributed by atoms with Gasteiger partial charge in [-0.3, -0.25) is 4.79 Å². The molecule has 2 N–H and O–H groups in total. The van der Waals surface area contributed by atoms with E-state index in [0.29, 0.717) is 18.1 Å². The van der Waals surface area contributed by atoms with Crippen molar-refractivity contribution >= 4 is 16.9 Å². The highest BCUT2D eigenvalue weighted by molar-refractivity contribution is 5.78. The van der Waals surface area contributed by atoms with Crippen LogP contribution in [-0.2, 0) is 11.3 Å². The third-order valence-electron chi connectivity index (χ3n) is 3.69. The van der Waals surface area contributed by atoms with Crippen molar-refractivity contribution in [2.45, 2.75) is 6.54 Å². The molecule has 4 rings (SSSR count). The molecule has 2 aromatic heterocycles. The standard InChI is InChI=1S/C17H15N7O2/c25-17(18-9-16-20-14-6-1-2-7-15(14)21-16)10-26-13-5-3-4-12(8-13)24-11-19-22-23-24/h1-8,11H,9-10H2,(H,18,25)(H,20,21). The number of nitrogens with one attached hydrogen (secondary N) is 2. The highest BCUT2D eigenvalue weighted by Crippen LogP contribution is 2.15. The first kappa shape index (κ1) is 15.8. The van der Waals surface area contributed by atoms with Crippen LogP contribution in [0.5, 0.6) is 5.75 Å². The van der Waals surface area contributed by atoms with Gasteiger partial charge in [0.1, 0.15) is 17.9 Å². The Labute approximate surface area is 148 Å². The van der Waals surface area contributed by atoms with Crippen molar-refractivity contribution in [3.05, 3.63) is 60.7 Å². The summed E-state index contributed by atoms with van der Waals surface area (Å²) in [7, 11) is 0. The first-order chi connectivity index (χ1) is 12.8. The molecule has 0 radical (unpaired) electrons. The molecule has 0 aliphatic rings. The predicted octanol–water partition coefficient (Wildman–Crippen LogP) is 1.23. The molecule has 0 saturated carbocycles. The van der Waals surface area contributed by atoms with Crippen LogP contribution in [0.2, 0.25) is 0 Å². The summed E-state index contributed by atoms with van der Waals surface area (Å²) in [5.41, 5.74) is 2.55. The number of aromatic amines is 1. The van der Waals surface area contributed by atoms with E-state index < -0.39 is 0 Å². The molecule has 0 saturated heterocycles. The molecule has 2 aromatic carbocycles. The van der Waals surface area contributed by atoms with Crippen LogP contribution in [-0.4, -0.2) is 42.7 Å². The van der Waals surface area contributed by atoms with Gasteiger partial charge in [0.25, 0.3) is 5.91 Å². The second-order valence-corrected chi connectivity index (χ2v) is 5.52. The van der Waals surface area contributed by atoms with Crippen molar-refractivity contribution in [3.8, 4) is 11.4 Å². The van der Waals surface area contributed by atoms with Gasteiger partial charge in [-0.25, -0.2) is 9.67 Å². The number of carbonyl (C=O) groups excluding carboxylic acids is 1. The molecule has 0 atom stereocenters. The average Bonchev–Trinajstić information content (AvgIpc) is 3.34. The Morgan fingerprint density at radius 3 is 2.96 bits per heavy atom. The molecule has 0 unspecified atom stereocenters. The number of nitrogens with zero attached hydrogens (tertiary/aromatic N) is 5. The number of carbonyl (C=O) groups is 1. The molecule has 2 heterocycles. The first-order valence-corrected chi connectivity index (χ1v) is 7.94. The minimum Gasteiger partial charge on any atom is -0.484 e. The topological polar surface area (TPSA) is 111 Å². The van der Waals surface area contributed by atoms with Crippen molar-refractivity contribution < 1.29 is 9.53 Å². The number of para-hydroxylation sites is 2. The minimum absolute atomic E-state index is 0.0979. The molecule has 1 amide bonds. The summed E-state index contributed by atoms with van der Waals surface area (Å²) in [5.74, 6) is 1.01. The third-order valence-corrected chi connectivity index (χ3v) is 3.69. The third kappa shape index (κ3) is 3.51. The lowest BCUT2D eigenvalue weighted by molar-refractivity contribution is -0.123. The van der Waals surface area contributed by atoms with E-state index in [4.69, 9.17) is 4.74 Å². The van der Waals surface area contributed by atoms with Gasteiger partial charge in [0.05, 0.1) is 23.3 Å². The van der Waals surface area contributed by atoms with E-state index in [9.17, 15) is 4.79 Å². The van der Waals surface area contributed by atoms with Crippen molar-refractivity contribution in [2.24, 2.45) is 0 Å². The summed E-state index contributed by atoms with van der Waals surface area (Å²) in [6.45, 7) is 0.209. The molecule has 130 valence electrons. The molecule has 9 heteroatoms. The number of hydrogen-bond donors (Lipinski definition) is 2. The molecular formula is C17H15N7O2. The number of hydrogen-bond acceptors (Lipinski definition) is 6. The average molecular weight is 349 g/mol. The van der Waals surface area contributed by atoms with Crippen LogP contribution in [0.4, 0.5) is 0 Å². The van der Waals surface area contributed by atoms with Crippen LogP contribution in [0.15, 0.2) is 54.9 Å². The largest absolute Gasteiger partial charge is 0.484 e. The van der Waals surface area contributed by atoms with Crippen LogP contribution in [0, 0.1) is 0 Å². The van der Waals surface area contributed by atoms with Gasteiger partial charge in [0.15, 0.2) is 6.61 Å². The Hall–Kier alpha value is -3.75. The van der Waals surface area contributed by atoms with E-state index in [0.717, 1.165) is 16.7 Å². The summed E-state index contributed by atoms with van der Waals surface area (Å²) >= 11 is 0. The molecule has 0 bridgehead atoms. The smallest absolute Gasteiger partial charge is 0.258 e. The van der Waals surface area contributed by atoms with Crippen LogP contribution in [0.25, 0.3) is 16.7 Å². The number of tetrazole rings is 1. The Kier molecular flexibility index (Phi) is 4.25. The molecule has 26 heavy (non-hydrogen) atoms. The Balaban J connectivity index is 1.32. The zero-order valence-corrected chi connectivity index (χ0v) is 13.7. The minimum atomic E-state index is -0.238. The summed E-state index contributed by atoms with van der Waals surface area (Å²) in [4.78, 5) is 19.6. The lowest BCUT2D eigenvalue weighted by Crippen LogP contribution is -2.28. The first-order valence-electron chi connectivity index (χ1n) is 7.94. The van der Waals surface area contributed by atoms with E-state index in [2.05, 4.69) is 30.8 Å². The normalized spacial score (nSPS) is 10.8. The van der Waals surface area contributed by atoms with Gasteiger partial charge in [0.2, 0.25) is 0 Å². The second kappa shape index (κ2) is 7.01. The van der Waals surface area contributed by atoms with Crippen LogP contribution in [0.3, 0.4) is 0 Å². The maximum absolute atomic E-state index is 12.0. The van der Waals surface area contributed by atoms with Gasteiger partial charge in [-0.05, 0) is 34.7 Å². The molecule has 9 nitrogen and oxygen atoms in total. The number of imidazole rings is 1. The maximum atomic E-state index is 12.0. The van der Waals surface area contributed by atoms with Crippen LogP contribution < -0.4 is 10.1 Å². The van der Waals surface area contributed by atoms with E-state index in [-0.39, 0.29) is 12.5 Å². The molecule has 4 aromatic rings. The van der Waals surface area contributed by atoms with Gasteiger partial charge in [-0.2, -0.15) is 0 Å². The fraction of sp³-hybridized carbons (Fsp3) is 0.118. The van der Waals surface area contributed by atoms with Crippen LogP contribution in [0.1, 0.15) is 5.82 Å². The van der Waals surface area contributed by atoms with Gasteiger partial charge < -0.3 is 15.0 Å². The maximum Gasteiger partial charge on any atom is 0.258 e. The summed E-state index contributed by atoms with van der Waals surface area (Å²) in [5, 5.41) is 13.8. The summed E-state index contributed by atoms with van der Waals surface area (Å²) in [6, 6.07) is 14.9. The quantitative estimate of drug-likeness (QED) is 0.542. The second-order valence-electron chi connectivity index (χ2n) is 5.52. The monoisotopic (exact) mass is 349 g/mol. The number of benzene rings is 2. The van der Waals surface area contributed by atoms with Gasteiger partial charge in [0, 0.05) is 6.07 Å². The van der Waals surface area contributed by atoms with Crippen molar-refractivity contribution in [1.29, 1.82) is 0 Å². The number of fused-ring (bicyclic) bond motifs is 1. The number of ether oxygens (including phenoxy) is 1. The van der Waals surface area contributed by atoms with Crippen molar-refractivity contribution in [3.63, 3.8) is 0 Å². The zero-order chi connectivity index (χ0) is 17.8.